The molecule has 0 unspecified atom stereocenters. The summed E-state index contributed by atoms with van der Waals surface area (Å²) in [5.41, 5.74) is 0.985. The van der Waals surface area contributed by atoms with Crippen LogP contribution < -0.4 is 4.74 Å². The highest BCUT2D eigenvalue weighted by molar-refractivity contribution is 6.29. The third-order valence-corrected chi connectivity index (χ3v) is 2.51. The molecule has 0 aromatic carbocycles. The van der Waals surface area contributed by atoms with Crippen molar-refractivity contribution in [1.29, 1.82) is 10.5 Å². The molecule has 7 heteroatoms. The van der Waals surface area contributed by atoms with E-state index in [0.29, 0.717) is 17.3 Å². The van der Waals surface area contributed by atoms with Gasteiger partial charge in [-0.05, 0) is 25.1 Å². The third-order valence-electron chi connectivity index (χ3n) is 2.30. The molecule has 0 aliphatic heterocycles. The second-order valence-corrected chi connectivity index (χ2v) is 3.98. The Labute approximate surface area is 114 Å². The molecule has 2 aromatic rings. The first-order chi connectivity index (χ1) is 9.15. The molecular weight excluding hydrogens is 266 g/mol. The van der Waals surface area contributed by atoms with Crippen molar-refractivity contribution in [2.75, 3.05) is 6.61 Å². The predicted molar refractivity (Wildman–Crippen MR) is 66.9 cm³/mol. The van der Waals surface area contributed by atoms with Gasteiger partial charge in [-0.15, -0.1) is 0 Å². The van der Waals surface area contributed by atoms with Crippen molar-refractivity contribution in [2.45, 2.75) is 6.92 Å². The summed E-state index contributed by atoms with van der Waals surface area (Å²) in [6.07, 6.45) is 0. The van der Waals surface area contributed by atoms with Gasteiger partial charge >= 0.3 is 0 Å². The number of rotatable bonds is 3. The van der Waals surface area contributed by atoms with E-state index in [9.17, 15) is 0 Å². The molecule has 0 radical (unpaired) electrons. The zero-order valence-corrected chi connectivity index (χ0v) is 10.7. The molecule has 0 spiro atoms. The average molecular weight is 274 g/mol. The lowest BCUT2D eigenvalue weighted by atomic mass is 10.4. The monoisotopic (exact) mass is 273 g/mol. The van der Waals surface area contributed by atoms with Crippen molar-refractivity contribution < 1.29 is 4.74 Å². The summed E-state index contributed by atoms with van der Waals surface area (Å²) in [6, 6.07) is 8.61. The number of nitrogens with zero attached hydrogens (tertiary/aromatic N) is 5. The van der Waals surface area contributed by atoms with Gasteiger partial charge in [0.2, 0.25) is 0 Å². The Morgan fingerprint density at radius 2 is 2.21 bits per heavy atom. The van der Waals surface area contributed by atoms with Gasteiger partial charge in [-0.3, -0.25) is 0 Å². The van der Waals surface area contributed by atoms with Gasteiger partial charge in [-0.1, -0.05) is 11.6 Å². The summed E-state index contributed by atoms with van der Waals surface area (Å²) >= 11 is 5.86. The van der Waals surface area contributed by atoms with E-state index in [-0.39, 0.29) is 17.5 Å². The van der Waals surface area contributed by atoms with Crippen molar-refractivity contribution in [1.82, 2.24) is 14.8 Å². The lowest BCUT2D eigenvalue weighted by Crippen LogP contribution is -2.06. The molecule has 94 valence electrons. The number of halogens is 1. The fourth-order valence-corrected chi connectivity index (χ4v) is 1.67. The Hall–Kier alpha value is -2.57. The second-order valence-electron chi connectivity index (χ2n) is 3.60. The minimum atomic E-state index is -0.109. The van der Waals surface area contributed by atoms with Crippen LogP contribution in [0, 0.1) is 29.6 Å². The lowest BCUT2D eigenvalue weighted by molar-refractivity contribution is 0.363. The molecular formula is C12H8ClN5O. The van der Waals surface area contributed by atoms with Gasteiger partial charge in [0.1, 0.15) is 17.3 Å². The van der Waals surface area contributed by atoms with Crippen molar-refractivity contribution >= 4 is 11.6 Å². The van der Waals surface area contributed by atoms with Gasteiger partial charge < -0.3 is 4.74 Å². The maximum atomic E-state index is 8.84. The Balaban J connectivity index is 2.53. The quantitative estimate of drug-likeness (QED) is 0.798. The molecule has 2 heterocycles. The predicted octanol–water partition coefficient (Wildman–Crippen LogP) is 2.00. The summed E-state index contributed by atoms with van der Waals surface area (Å²) in [6.45, 7) is 1.67. The van der Waals surface area contributed by atoms with E-state index in [1.54, 1.807) is 25.1 Å². The smallest absolute Gasteiger partial charge is 0.197 e. The third kappa shape index (κ3) is 2.65. The molecule has 0 saturated heterocycles. The van der Waals surface area contributed by atoms with Crippen molar-refractivity contribution in [3.8, 4) is 23.7 Å². The van der Waals surface area contributed by atoms with Crippen LogP contribution in [0.25, 0.3) is 5.82 Å². The van der Waals surface area contributed by atoms with Gasteiger partial charge in [-0.25, -0.2) is 9.67 Å². The van der Waals surface area contributed by atoms with E-state index >= 15 is 0 Å². The van der Waals surface area contributed by atoms with Gasteiger partial charge in [0, 0.05) is 5.69 Å². The van der Waals surface area contributed by atoms with Crippen LogP contribution in [0.15, 0.2) is 18.2 Å². The van der Waals surface area contributed by atoms with Gasteiger partial charge in [0.15, 0.2) is 23.9 Å². The van der Waals surface area contributed by atoms with Crippen LogP contribution in [0.4, 0.5) is 0 Å². The molecule has 2 aromatic heterocycles. The zero-order chi connectivity index (χ0) is 13.8. The van der Waals surface area contributed by atoms with E-state index in [2.05, 4.69) is 10.1 Å². The number of hydrogen-bond donors (Lipinski definition) is 0. The standard InChI is InChI=1S/C12H8ClN5O/c1-8-6-9(7-15)17-18(8)12-10(19-5-4-14)2-3-11(13)16-12/h2-3,6H,5H2,1H3. The normalized spacial score (nSPS) is 9.68. The van der Waals surface area contributed by atoms with E-state index in [0.717, 1.165) is 0 Å². The fourth-order valence-electron chi connectivity index (χ4n) is 1.53. The van der Waals surface area contributed by atoms with Crippen molar-refractivity contribution in [2.24, 2.45) is 0 Å². The van der Waals surface area contributed by atoms with Gasteiger partial charge in [0.05, 0.1) is 0 Å². The first-order valence-electron chi connectivity index (χ1n) is 5.29. The Morgan fingerprint density at radius 1 is 1.42 bits per heavy atom. The van der Waals surface area contributed by atoms with Crippen LogP contribution in [0.3, 0.4) is 0 Å². The zero-order valence-electron chi connectivity index (χ0n) is 9.96. The molecule has 19 heavy (non-hydrogen) atoms. The highest BCUT2D eigenvalue weighted by Crippen LogP contribution is 2.24. The fraction of sp³-hybridized carbons (Fsp3) is 0.167. The lowest BCUT2D eigenvalue weighted by Gasteiger charge is -2.09. The Kier molecular flexibility index (Phi) is 3.65. The minimum Gasteiger partial charge on any atom is -0.475 e. The van der Waals surface area contributed by atoms with Crippen LogP contribution in [-0.2, 0) is 0 Å². The number of aryl methyl sites for hydroxylation is 1. The molecule has 0 amide bonds. The highest BCUT2D eigenvalue weighted by Gasteiger charge is 2.13. The van der Waals surface area contributed by atoms with Crippen molar-refractivity contribution in [3.05, 3.63) is 34.7 Å². The molecule has 0 fully saturated rings. The molecule has 0 saturated carbocycles. The summed E-state index contributed by atoms with van der Waals surface area (Å²) in [5.74, 6) is 0.725. The van der Waals surface area contributed by atoms with E-state index in [4.69, 9.17) is 26.9 Å². The average Bonchev–Trinajstić information content (AvgIpc) is 2.78. The molecule has 6 nitrogen and oxygen atoms in total. The number of aromatic nitrogens is 3. The highest BCUT2D eigenvalue weighted by atomic mass is 35.5. The van der Waals surface area contributed by atoms with Crippen LogP contribution in [-0.4, -0.2) is 21.4 Å². The number of ether oxygens (including phenoxy) is 1. The topological polar surface area (TPSA) is 87.5 Å². The Morgan fingerprint density at radius 3 is 2.84 bits per heavy atom. The van der Waals surface area contributed by atoms with Crippen LogP contribution in [0.1, 0.15) is 11.4 Å². The number of hydrogen-bond acceptors (Lipinski definition) is 5. The van der Waals surface area contributed by atoms with Crippen LogP contribution in [0.5, 0.6) is 5.75 Å². The van der Waals surface area contributed by atoms with Gasteiger partial charge in [0.25, 0.3) is 0 Å². The van der Waals surface area contributed by atoms with Crippen LogP contribution in [0.2, 0.25) is 5.15 Å². The van der Waals surface area contributed by atoms with E-state index in [1.807, 2.05) is 12.1 Å². The summed E-state index contributed by atoms with van der Waals surface area (Å²) in [7, 11) is 0. The first-order valence-corrected chi connectivity index (χ1v) is 5.67. The molecule has 0 bridgehead atoms. The SMILES string of the molecule is Cc1cc(C#N)nn1-c1nc(Cl)ccc1OCC#N. The van der Waals surface area contributed by atoms with Crippen molar-refractivity contribution in [3.63, 3.8) is 0 Å². The van der Waals surface area contributed by atoms with E-state index in [1.165, 1.54) is 4.68 Å². The Bertz CT molecular complexity index is 695. The largest absolute Gasteiger partial charge is 0.475 e. The summed E-state index contributed by atoms with van der Waals surface area (Å²) < 4.78 is 6.72. The first kappa shape index (κ1) is 12.9. The summed E-state index contributed by atoms with van der Waals surface area (Å²) in [4.78, 5) is 4.13. The minimum absolute atomic E-state index is 0.109. The number of nitriles is 2. The van der Waals surface area contributed by atoms with Gasteiger partial charge in [-0.2, -0.15) is 15.6 Å². The maximum absolute atomic E-state index is 8.84. The molecule has 0 atom stereocenters. The van der Waals surface area contributed by atoms with E-state index < -0.39 is 0 Å². The summed E-state index contributed by atoms with van der Waals surface area (Å²) in [5, 5.41) is 21.7. The molecule has 2 rings (SSSR count). The second kappa shape index (κ2) is 5.38. The van der Waals surface area contributed by atoms with Crippen LogP contribution >= 0.6 is 11.6 Å². The molecule has 0 aliphatic rings. The number of pyridine rings is 1. The molecule has 0 aliphatic carbocycles. The maximum Gasteiger partial charge on any atom is 0.197 e. The molecule has 0 N–H and O–H groups in total.